The van der Waals surface area contributed by atoms with Crippen molar-refractivity contribution in [3.8, 4) is 0 Å². The summed E-state index contributed by atoms with van der Waals surface area (Å²) in [7, 11) is 0. The van der Waals surface area contributed by atoms with Crippen molar-refractivity contribution >= 4 is 5.91 Å². The van der Waals surface area contributed by atoms with E-state index in [1.807, 2.05) is 37.3 Å². The maximum Gasteiger partial charge on any atom is 0.222 e. The Morgan fingerprint density at radius 2 is 2.11 bits per heavy atom. The summed E-state index contributed by atoms with van der Waals surface area (Å²) in [4.78, 5) is 11.4. The van der Waals surface area contributed by atoms with Crippen LogP contribution in [0.15, 0.2) is 30.3 Å². The summed E-state index contributed by atoms with van der Waals surface area (Å²) in [6.45, 7) is 3.55. The summed E-state index contributed by atoms with van der Waals surface area (Å²) in [5, 5.41) is 2.81. The van der Waals surface area contributed by atoms with Crippen LogP contribution in [0.3, 0.4) is 0 Å². The predicted octanol–water partition coefficient (Wildman–Crippen LogP) is 1.45. The Hall–Kier alpha value is -1.39. The number of hydrogen-bond donors (Lipinski definition) is 2. The molecule has 1 aromatic rings. The van der Waals surface area contributed by atoms with Gasteiger partial charge in [-0.25, -0.2) is 0 Å². The van der Waals surface area contributed by atoms with Crippen LogP contribution in [-0.4, -0.2) is 25.1 Å². The van der Waals surface area contributed by atoms with E-state index < -0.39 is 0 Å². The third-order valence-electron chi connectivity index (χ3n) is 2.51. The second-order valence-electron chi connectivity index (χ2n) is 4.40. The minimum atomic E-state index is 0.0173. The van der Waals surface area contributed by atoms with Crippen LogP contribution in [0.25, 0.3) is 0 Å². The molecule has 0 saturated heterocycles. The molecule has 0 bridgehead atoms. The number of ether oxygens (including phenoxy) is 1. The number of hydrogen-bond acceptors (Lipinski definition) is 3. The molecule has 0 fully saturated rings. The molecule has 0 aliphatic carbocycles. The standard InChI is InChI=1S/C14H22N2O2/c1-12(15)7-9-16-14(17)8-10-18-11-13-5-3-2-4-6-13/h2-6,12H,7-11,15H2,1H3,(H,16,17). The lowest BCUT2D eigenvalue weighted by molar-refractivity contribution is -0.122. The van der Waals surface area contributed by atoms with Gasteiger partial charge in [-0.3, -0.25) is 4.79 Å². The van der Waals surface area contributed by atoms with E-state index in [1.165, 1.54) is 0 Å². The molecule has 0 saturated carbocycles. The summed E-state index contributed by atoms with van der Waals surface area (Å²) < 4.78 is 5.43. The highest BCUT2D eigenvalue weighted by Crippen LogP contribution is 2.00. The highest BCUT2D eigenvalue weighted by Gasteiger charge is 2.01. The SMILES string of the molecule is CC(N)CCNC(=O)CCOCc1ccccc1. The van der Waals surface area contributed by atoms with Crippen LogP contribution in [0.4, 0.5) is 0 Å². The molecule has 3 N–H and O–H groups in total. The number of rotatable bonds is 8. The average molecular weight is 250 g/mol. The Morgan fingerprint density at radius 3 is 2.78 bits per heavy atom. The fraction of sp³-hybridized carbons (Fsp3) is 0.500. The molecule has 1 aromatic carbocycles. The third kappa shape index (κ3) is 7.04. The zero-order chi connectivity index (χ0) is 13.2. The van der Waals surface area contributed by atoms with Gasteiger partial charge in [0.1, 0.15) is 0 Å². The number of amides is 1. The molecule has 1 atom stereocenters. The zero-order valence-electron chi connectivity index (χ0n) is 10.9. The van der Waals surface area contributed by atoms with Gasteiger partial charge in [-0.2, -0.15) is 0 Å². The summed E-state index contributed by atoms with van der Waals surface area (Å²) >= 11 is 0. The molecule has 1 amide bonds. The van der Waals surface area contributed by atoms with Crippen LogP contribution in [0.2, 0.25) is 0 Å². The second kappa shape index (κ2) is 8.66. The molecule has 1 unspecified atom stereocenters. The van der Waals surface area contributed by atoms with E-state index in [4.69, 9.17) is 10.5 Å². The minimum Gasteiger partial charge on any atom is -0.376 e. The van der Waals surface area contributed by atoms with E-state index in [0.717, 1.165) is 12.0 Å². The maximum atomic E-state index is 11.4. The fourth-order valence-electron chi connectivity index (χ4n) is 1.46. The third-order valence-corrected chi connectivity index (χ3v) is 2.51. The molecule has 4 nitrogen and oxygen atoms in total. The first kappa shape index (κ1) is 14.7. The molecule has 100 valence electrons. The lowest BCUT2D eigenvalue weighted by Gasteiger charge is -2.07. The maximum absolute atomic E-state index is 11.4. The normalized spacial score (nSPS) is 12.1. The molecule has 4 heteroatoms. The highest BCUT2D eigenvalue weighted by molar-refractivity contribution is 5.75. The number of carbonyl (C=O) groups excluding carboxylic acids is 1. The zero-order valence-corrected chi connectivity index (χ0v) is 10.9. The van der Waals surface area contributed by atoms with Gasteiger partial charge in [-0.05, 0) is 18.9 Å². The molecule has 18 heavy (non-hydrogen) atoms. The Labute approximate surface area is 109 Å². The summed E-state index contributed by atoms with van der Waals surface area (Å²) in [6, 6.07) is 10.0. The van der Waals surface area contributed by atoms with Crippen molar-refractivity contribution in [2.75, 3.05) is 13.2 Å². The number of carbonyl (C=O) groups is 1. The first-order valence-electron chi connectivity index (χ1n) is 6.32. The second-order valence-corrected chi connectivity index (χ2v) is 4.40. The van der Waals surface area contributed by atoms with Crippen molar-refractivity contribution in [2.45, 2.75) is 32.4 Å². The first-order chi connectivity index (χ1) is 8.68. The van der Waals surface area contributed by atoms with E-state index in [9.17, 15) is 4.79 Å². The fourth-order valence-corrected chi connectivity index (χ4v) is 1.46. The van der Waals surface area contributed by atoms with E-state index in [2.05, 4.69) is 5.32 Å². The van der Waals surface area contributed by atoms with E-state index in [-0.39, 0.29) is 11.9 Å². The molecule has 0 radical (unpaired) electrons. The van der Waals surface area contributed by atoms with Crippen molar-refractivity contribution in [2.24, 2.45) is 5.73 Å². The van der Waals surface area contributed by atoms with Gasteiger partial charge in [0.05, 0.1) is 13.2 Å². The molecular formula is C14H22N2O2. The molecule has 0 aliphatic rings. The smallest absolute Gasteiger partial charge is 0.222 e. The Bertz CT molecular complexity index is 339. The van der Waals surface area contributed by atoms with Crippen LogP contribution < -0.4 is 11.1 Å². The van der Waals surface area contributed by atoms with Crippen molar-refractivity contribution in [3.05, 3.63) is 35.9 Å². The van der Waals surface area contributed by atoms with Crippen molar-refractivity contribution in [1.82, 2.24) is 5.32 Å². The first-order valence-corrected chi connectivity index (χ1v) is 6.32. The highest BCUT2D eigenvalue weighted by atomic mass is 16.5. The van der Waals surface area contributed by atoms with E-state index in [1.54, 1.807) is 0 Å². The van der Waals surface area contributed by atoms with Crippen LogP contribution in [0, 0.1) is 0 Å². The molecule has 1 rings (SSSR count). The number of nitrogens with one attached hydrogen (secondary N) is 1. The summed E-state index contributed by atoms with van der Waals surface area (Å²) in [5.41, 5.74) is 6.71. The predicted molar refractivity (Wildman–Crippen MR) is 72.0 cm³/mol. The van der Waals surface area contributed by atoms with Gasteiger partial charge in [0, 0.05) is 19.0 Å². The summed E-state index contributed by atoms with van der Waals surface area (Å²) in [6.07, 6.45) is 1.20. The Morgan fingerprint density at radius 1 is 1.39 bits per heavy atom. The molecule has 0 heterocycles. The monoisotopic (exact) mass is 250 g/mol. The Kier molecular flexibility index (Phi) is 7.06. The van der Waals surface area contributed by atoms with Gasteiger partial charge in [-0.15, -0.1) is 0 Å². The van der Waals surface area contributed by atoms with Crippen molar-refractivity contribution < 1.29 is 9.53 Å². The summed E-state index contributed by atoms with van der Waals surface area (Å²) in [5.74, 6) is 0.0173. The largest absolute Gasteiger partial charge is 0.376 e. The van der Waals surface area contributed by atoms with Crippen LogP contribution in [0.5, 0.6) is 0 Å². The average Bonchev–Trinajstić information content (AvgIpc) is 2.35. The lowest BCUT2D eigenvalue weighted by Crippen LogP contribution is -2.29. The van der Waals surface area contributed by atoms with E-state index >= 15 is 0 Å². The lowest BCUT2D eigenvalue weighted by atomic mass is 10.2. The quantitative estimate of drug-likeness (QED) is 0.686. The van der Waals surface area contributed by atoms with E-state index in [0.29, 0.717) is 26.2 Å². The van der Waals surface area contributed by atoms with Gasteiger partial charge < -0.3 is 15.8 Å². The van der Waals surface area contributed by atoms with Crippen molar-refractivity contribution in [3.63, 3.8) is 0 Å². The van der Waals surface area contributed by atoms with Gasteiger partial charge in [0.2, 0.25) is 5.91 Å². The van der Waals surface area contributed by atoms with Gasteiger partial charge >= 0.3 is 0 Å². The molecule has 0 aliphatic heterocycles. The van der Waals surface area contributed by atoms with Gasteiger partial charge in [0.15, 0.2) is 0 Å². The number of nitrogens with two attached hydrogens (primary N) is 1. The molecule has 0 spiro atoms. The number of benzene rings is 1. The molecule has 0 aromatic heterocycles. The molecular weight excluding hydrogens is 228 g/mol. The topological polar surface area (TPSA) is 64.3 Å². The van der Waals surface area contributed by atoms with Crippen LogP contribution >= 0.6 is 0 Å². The van der Waals surface area contributed by atoms with Gasteiger partial charge in [-0.1, -0.05) is 30.3 Å². The van der Waals surface area contributed by atoms with Crippen LogP contribution in [-0.2, 0) is 16.1 Å². The van der Waals surface area contributed by atoms with Gasteiger partial charge in [0.25, 0.3) is 0 Å². The Balaban J connectivity index is 2.02. The van der Waals surface area contributed by atoms with Crippen LogP contribution in [0.1, 0.15) is 25.3 Å². The minimum absolute atomic E-state index is 0.0173. The van der Waals surface area contributed by atoms with Crippen molar-refractivity contribution in [1.29, 1.82) is 0 Å².